The molecule has 0 aliphatic rings. The number of alkyl halides is 3. The monoisotopic (exact) mass is 204 g/mol. The van der Waals surface area contributed by atoms with E-state index in [4.69, 9.17) is 23.2 Å². The zero-order valence-electron chi connectivity index (χ0n) is 3.83. The lowest BCUT2D eigenvalue weighted by Gasteiger charge is -1.93. The second-order valence-electron chi connectivity index (χ2n) is 1.22. The molecule has 0 aromatic heterocycles. The zero-order chi connectivity index (χ0) is 5.70. The Hall–Kier alpha value is 1.06. The van der Waals surface area contributed by atoms with Crippen LogP contribution in [-0.4, -0.2) is 10.2 Å². The quantitative estimate of drug-likeness (QED) is 0.622. The van der Waals surface area contributed by atoms with Gasteiger partial charge in [-0.05, 0) is 12.8 Å². The molecular formula is C4H7BrCl2. The highest BCUT2D eigenvalue weighted by Crippen LogP contribution is 2.09. The first-order valence-electron chi connectivity index (χ1n) is 2.11. The third-order valence-corrected chi connectivity index (χ3v) is 1.55. The zero-order valence-corrected chi connectivity index (χ0v) is 6.93. The second kappa shape index (κ2) is 5.20. The number of rotatable bonds is 3. The van der Waals surface area contributed by atoms with E-state index < -0.39 is 0 Å². The maximum atomic E-state index is 5.40. The maximum absolute atomic E-state index is 5.40. The van der Waals surface area contributed by atoms with E-state index in [1.165, 1.54) is 0 Å². The molecule has 0 nitrogen and oxygen atoms in total. The third kappa shape index (κ3) is 7.06. The Morgan fingerprint density at radius 1 is 1.43 bits per heavy atom. The van der Waals surface area contributed by atoms with Crippen LogP contribution in [0.1, 0.15) is 12.8 Å². The van der Waals surface area contributed by atoms with Crippen molar-refractivity contribution in [1.82, 2.24) is 0 Å². The topological polar surface area (TPSA) is 0 Å². The van der Waals surface area contributed by atoms with Crippen molar-refractivity contribution in [2.24, 2.45) is 0 Å². The highest BCUT2D eigenvalue weighted by atomic mass is 79.9. The largest absolute Gasteiger partial charge is 0.107 e. The first-order valence-corrected chi connectivity index (χ1v) is 4.11. The van der Waals surface area contributed by atoms with Gasteiger partial charge >= 0.3 is 0 Å². The Morgan fingerprint density at radius 3 is 2.14 bits per heavy atom. The Morgan fingerprint density at radius 2 is 2.00 bits per heavy atom. The van der Waals surface area contributed by atoms with Crippen molar-refractivity contribution in [3.8, 4) is 0 Å². The fraction of sp³-hybridized carbons (Fsp3) is 1.00. The summed E-state index contributed by atoms with van der Waals surface area (Å²) in [6, 6.07) is 0. The summed E-state index contributed by atoms with van der Waals surface area (Å²) in [6.07, 6.45) is 1.94. The van der Waals surface area contributed by atoms with E-state index in [-0.39, 0.29) is 4.84 Å². The van der Waals surface area contributed by atoms with E-state index in [9.17, 15) is 0 Å². The second-order valence-corrected chi connectivity index (χ2v) is 3.29. The molecule has 44 valence electrons. The van der Waals surface area contributed by atoms with E-state index in [2.05, 4.69) is 15.9 Å². The molecule has 0 atom stereocenters. The van der Waals surface area contributed by atoms with Crippen LogP contribution < -0.4 is 0 Å². The van der Waals surface area contributed by atoms with E-state index in [1.807, 2.05) is 0 Å². The molecule has 0 bridgehead atoms. The smallest absolute Gasteiger partial charge is 0.105 e. The summed E-state index contributed by atoms with van der Waals surface area (Å²) < 4.78 is 0. The lowest BCUT2D eigenvalue weighted by Crippen LogP contribution is -1.85. The van der Waals surface area contributed by atoms with Crippen molar-refractivity contribution in [2.75, 3.05) is 5.33 Å². The summed E-state index contributed by atoms with van der Waals surface area (Å²) in [4.78, 5) is -0.183. The normalized spacial score (nSPS) is 10.3. The van der Waals surface area contributed by atoms with Gasteiger partial charge in [0, 0.05) is 5.33 Å². The number of hydrogen-bond donors (Lipinski definition) is 0. The molecule has 0 fully saturated rings. The molecule has 0 saturated heterocycles. The van der Waals surface area contributed by atoms with E-state index in [0.717, 1.165) is 18.2 Å². The van der Waals surface area contributed by atoms with Crippen molar-refractivity contribution in [1.29, 1.82) is 0 Å². The maximum Gasteiger partial charge on any atom is 0.107 e. The van der Waals surface area contributed by atoms with Gasteiger partial charge in [-0.2, -0.15) is 0 Å². The average molecular weight is 206 g/mol. The average Bonchev–Trinajstić information content (AvgIpc) is 1.61. The van der Waals surface area contributed by atoms with Crippen LogP contribution in [0.15, 0.2) is 0 Å². The first kappa shape index (κ1) is 8.06. The minimum absolute atomic E-state index is 0.183. The van der Waals surface area contributed by atoms with Crippen LogP contribution in [0.25, 0.3) is 0 Å². The van der Waals surface area contributed by atoms with Gasteiger partial charge in [-0.3, -0.25) is 0 Å². The molecule has 0 rings (SSSR count). The fourth-order valence-electron chi connectivity index (χ4n) is 0.231. The fourth-order valence-corrected chi connectivity index (χ4v) is 0.864. The Labute approximate surface area is 62.3 Å². The molecular weight excluding hydrogens is 199 g/mol. The van der Waals surface area contributed by atoms with Gasteiger partial charge in [-0.25, -0.2) is 0 Å². The number of hydrogen-bond acceptors (Lipinski definition) is 0. The summed E-state index contributed by atoms with van der Waals surface area (Å²) >= 11 is 14.1. The van der Waals surface area contributed by atoms with Gasteiger partial charge in [0.1, 0.15) is 4.84 Å². The van der Waals surface area contributed by atoms with E-state index in [0.29, 0.717) is 0 Å². The summed E-state index contributed by atoms with van der Waals surface area (Å²) in [6.45, 7) is 0. The van der Waals surface area contributed by atoms with E-state index in [1.54, 1.807) is 0 Å². The van der Waals surface area contributed by atoms with Gasteiger partial charge < -0.3 is 0 Å². The molecule has 0 aliphatic heterocycles. The molecule has 0 spiro atoms. The lowest BCUT2D eigenvalue weighted by atomic mass is 10.4. The molecule has 0 aromatic rings. The Bertz CT molecular complexity index is 38.7. The molecule has 0 N–H and O–H groups in total. The van der Waals surface area contributed by atoms with Crippen molar-refractivity contribution >= 4 is 39.1 Å². The standard InChI is InChI=1S/C4H7BrCl2/c5-3-1-2-4(6)7/h4H,1-3H2. The molecule has 7 heavy (non-hydrogen) atoms. The van der Waals surface area contributed by atoms with Gasteiger partial charge in [0.25, 0.3) is 0 Å². The highest BCUT2D eigenvalue weighted by Gasteiger charge is 1.94. The van der Waals surface area contributed by atoms with Crippen LogP contribution in [0.2, 0.25) is 0 Å². The van der Waals surface area contributed by atoms with Crippen molar-refractivity contribution in [2.45, 2.75) is 17.7 Å². The van der Waals surface area contributed by atoms with Crippen molar-refractivity contribution < 1.29 is 0 Å². The van der Waals surface area contributed by atoms with Gasteiger partial charge in [-0.15, -0.1) is 23.2 Å². The Kier molecular flexibility index (Phi) is 5.99. The van der Waals surface area contributed by atoms with Gasteiger partial charge in [-0.1, -0.05) is 15.9 Å². The van der Waals surface area contributed by atoms with Crippen LogP contribution >= 0.6 is 39.1 Å². The van der Waals surface area contributed by atoms with Crippen LogP contribution in [-0.2, 0) is 0 Å². The van der Waals surface area contributed by atoms with E-state index >= 15 is 0 Å². The van der Waals surface area contributed by atoms with Crippen LogP contribution in [0.3, 0.4) is 0 Å². The SMILES string of the molecule is ClC(Cl)CCCBr. The first-order chi connectivity index (χ1) is 3.27. The Balaban J connectivity index is 2.68. The van der Waals surface area contributed by atoms with Crippen LogP contribution in [0.5, 0.6) is 0 Å². The summed E-state index contributed by atoms with van der Waals surface area (Å²) in [5.41, 5.74) is 0. The molecule has 0 unspecified atom stereocenters. The summed E-state index contributed by atoms with van der Waals surface area (Å²) in [5.74, 6) is 0. The van der Waals surface area contributed by atoms with Crippen LogP contribution in [0.4, 0.5) is 0 Å². The summed E-state index contributed by atoms with van der Waals surface area (Å²) in [5, 5.41) is 0.989. The molecule has 0 heterocycles. The minimum atomic E-state index is -0.183. The van der Waals surface area contributed by atoms with Gasteiger partial charge in [0.05, 0.1) is 0 Å². The minimum Gasteiger partial charge on any atom is -0.105 e. The predicted molar refractivity (Wildman–Crippen MR) is 38.5 cm³/mol. The van der Waals surface area contributed by atoms with Crippen molar-refractivity contribution in [3.05, 3.63) is 0 Å². The van der Waals surface area contributed by atoms with Crippen molar-refractivity contribution in [3.63, 3.8) is 0 Å². The van der Waals surface area contributed by atoms with Crippen LogP contribution in [0, 0.1) is 0 Å². The molecule has 0 aliphatic carbocycles. The van der Waals surface area contributed by atoms with Gasteiger partial charge in [0.2, 0.25) is 0 Å². The highest BCUT2D eigenvalue weighted by molar-refractivity contribution is 9.09. The van der Waals surface area contributed by atoms with Gasteiger partial charge in [0.15, 0.2) is 0 Å². The molecule has 3 heteroatoms. The molecule has 0 saturated carbocycles. The molecule has 0 amide bonds. The predicted octanol–water partition coefficient (Wildman–Crippen LogP) is 2.97. The number of halogens is 3. The third-order valence-electron chi connectivity index (χ3n) is 0.556. The molecule has 0 aromatic carbocycles. The summed E-state index contributed by atoms with van der Waals surface area (Å²) in [7, 11) is 0. The molecule has 0 radical (unpaired) electrons. The lowest BCUT2D eigenvalue weighted by molar-refractivity contribution is 0.874.